The summed E-state index contributed by atoms with van der Waals surface area (Å²) in [5.41, 5.74) is 1.62. The molecule has 25 heavy (non-hydrogen) atoms. The molecule has 0 bridgehead atoms. The molecule has 1 fully saturated rings. The highest BCUT2D eigenvalue weighted by Gasteiger charge is 2.37. The first-order valence-electron chi connectivity index (χ1n) is 9.57. The van der Waals surface area contributed by atoms with E-state index >= 15 is 0 Å². The average molecular weight is 348 g/mol. The van der Waals surface area contributed by atoms with Crippen LogP contribution in [-0.2, 0) is 6.42 Å². The lowest BCUT2D eigenvalue weighted by Gasteiger charge is -2.31. The van der Waals surface area contributed by atoms with Crippen LogP contribution in [0.15, 0.2) is 4.42 Å². The normalized spacial score (nSPS) is 24.1. The summed E-state index contributed by atoms with van der Waals surface area (Å²) in [6.07, 6.45) is 3.41. The molecule has 1 amide bonds. The first-order chi connectivity index (χ1) is 11.8. The van der Waals surface area contributed by atoms with Crippen molar-refractivity contribution in [2.45, 2.75) is 59.5 Å². The SMILES string of the molecule is Cc1c(C(=O)NCCN2CCC(C)CC2)oc2c1C(O)CC(C)(C)C2. The van der Waals surface area contributed by atoms with Crippen LogP contribution in [0.4, 0.5) is 0 Å². The molecule has 140 valence electrons. The number of rotatable bonds is 4. The van der Waals surface area contributed by atoms with E-state index in [0.29, 0.717) is 18.7 Å². The Kier molecular flexibility index (Phi) is 5.26. The van der Waals surface area contributed by atoms with Gasteiger partial charge in [-0.2, -0.15) is 0 Å². The number of aliphatic hydroxyl groups excluding tert-OH is 1. The monoisotopic (exact) mass is 348 g/mol. The fourth-order valence-electron chi connectivity index (χ4n) is 4.20. The Labute approximate surface area is 150 Å². The van der Waals surface area contributed by atoms with Crippen LogP contribution in [0.3, 0.4) is 0 Å². The van der Waals surface area contributed by atoms with Gasteiger partial charge in [0.15, 0.2) is 5.76 Å². The molecule has 0 saturated carbocycles. The summed E-state index contributed by atoms with van der Waals surface area (Å²) in [6, 6.07) is 0. The number of hydrogen-bond donors (Lipinski definition) is 2. The van der Waals surface area contributed by atoms with Crippen molar-refractivity contribution in [1.82, 2.24) is 10.2 Å². The van der Waals surface area contributed by atoms with Gasteiger partial charge in [-0.1, -0.05) is 20.8 Å². The minimum atomic E-state index is -0.542. The number of piperidine rings is 1. The second kappa shape index (κ2) is 7.12. The summed E-state index contributed by atoms with van der Waals surface area (Å²) in [6.45, 7) is 12.2. The molecule has 1 unspecified atom stereocenters. The fourth-order valence-corrected chi connectivity index (χ4v) is 4.20. The van der Waals surface area contributed by atoms with E-state index in [2.05, 4.69) is 31.0 Å². The molecule has 1 aliphatic carbocycles. The van der Waals surface area contributed by atoms with Gasteiger partial charge in [-0.15, -0.1) is 0 Å². The molecule has 1 aromatic rings. The van der Waals surface area contributed by atoms with Gasteiger partial charge in [0.1, 0.15) is 5.76 Å². The van der Waals surface area contributed by atoms with E-state index in [4.69, 9.17) is 4.42 Å². The van der Waals surface area contributed by atoms with Crippen LogP contribution in [0.5, 0.6) is 0 Å². The number of aliphatic hydroxyl groups is 1. The summed E-state index contributed by atoms with van der Waals surface area (Å²) < 4.78 is 5.88. The lowest BCUT2D eigenvalue weighted by molar-refractivity contribution is 0.0880. The van der Waals surface area contributed by atoms with Crippen LogP contribution in [0.25, 0.3) is 0 Å². The standard InChI is InChI=1S/C20H32N2O3/c1-13-5-8-22(9-6-13)10-7-21-19(24)18-14(2)17-15(23)11-20(3,4)12-16(17)25-18/h13,15,23H,5-12H2,1-4H3,(H,21,24). The van der Waals surface area contributed by atoms with Crippen molar-refractivity contribution >= 4 is 5.91 Å². The third-order valence-electron chi connectivity index (χ3n) is 5.78. The second-order valence-electron chi connectivity index (χ2n) is 8.73. The quantitative estimate of drug-likeness (QED) is 0.878. The topological polar surface area (TPSA) is 65.7 Å². The molecule has 2 heterocycles. The van der Waals surface area contributed by atoms with Crippen molar-refractivity contribution < 1.29 is 14.3 Å². The van der Waals surface area contributed by atoms with Crippen molar-refractivity contribution in [3.8, 4) is 0 Å². The zero-order valence-corrected chi connectivity index (χ0v) is 16.0. The summed E-state index contributed by atoms with van der Waals surface area (Å²) in [7, 11) is 0. The third kappa shape index (κ3) is 4.09. The van der Waals surface area contributed by atoms with Gasteiger partial charge in [-0.3, -0.25) is 4.79 Å². The molecule has 1 aliphatic heterocycles. The predicted molar refractivity (Wildman–Crippen MR) is 97.7 cm³/mol. The van der Waals surface area contributed by atoms with Gasteiger partial charge in [-0.25, -0.2) is 0 Å². The van der Waals surface area contributed by atoms with Gasteiger partial charge in [0.2, 0.25) is 0 Å². The minimum Gasteiger partial charge on any atom is -0.455 e. The third-order valence-corrected chi connectivity index (χ3v) is 5.78. The van der Waals surface area contributed by atoms with Crippen LogP contribution in [0.2, 0.25) is 0 Å². The first kappa shape index (κ1) is 18.5. The van der Waals surface area contributed by atoms with Crippen LogP contribution < -0.4 is 5.32 Å². The molecule has 1 atom stereocenters. The maximum atomic E-state index is 12.5. The number of likely N-dealkylation sites (tertiary alicyclic amines) is 1. The number of furan rings is 1. The Morgan fingerprint density at radius 1 is 1.36 bits per heavy atom. The second-order valence-corrected chi connectivity index (χ2v) is 8.73. The Hall–Kier alpha value is -1.33. The van der Waals surface area contributed by atoms with Gasteiger partial charge in [-0.05, 0) is 50.6 Å². The molecule has 0 aromatic carbocycles. The van der Waals surface area contributed by atoms with E-state index in [0.717, 1.165) is 48.9 Å². The number of hydrogen-bond acceptors (Lipinski definition) is 4. The smallest absolute Gasteiger partial charge is 0.287 e. The van der Waals surface area contributed by atoms with Crippen molar-refractivity contribution in [3.05, 3.63) is 22.6 Å². The Morgan fingerprint density at radius 3 is 2.72 bits per heavy atom. The molecule has 1 saturated heterocycles. The van der Waals surface area contributed by atoms with Gasteiger partial charge >= 0.3 is 0 Å². The maximum absolute atomic E-state index is 12.5. The zero-order chi connectivity index (χ0) is 18.2. The van der Waals surface area contributed by atoms with Crippen molar-refractivity contribution in [2.75, 3.05) is 26.2 Å². The number of carbonyl (C=O) groups is 1. The summed E-state index contributed by atoms with van der Waals surface area (Å²) in [5, 5.41) is 13.4. The molecule has 2 aliphatic rings. The van der Waals surface area contributed by atoms with Gasteiger partial charge in [0.05, 0.1) is 6.10 Å². The van der Waals surface area contributed by atoms with E-state index in [1.54, 1.807) is 0 Å². The lowest BCUT2D eigenvalue weighted by atomic mass is 9.75. The minimum absolute atomic E-state index is 0.00411. The van der Waals surface area contributed by atoms with Crippen LogP contribution in [0, 0.1) is 18.3 Å². The Morgan fingerprint density at radius 2 is 2.04 bits per heavy atom. The number of amides is 1. The summed E-state index contributed by atoms with van der Waals surface area (Å²) in [5.74, 6) is 1.80. The molecule has 0 radical (unpaired) electrons. The van der Waals surface area contributed by atoms with Crippen LogP contribution in [-0.4, -0.2) is 42.1 Å². The van der Waals surface area contributed by atoms with Crippen LogP contribution in [0.1, 0.15) is 73.6 Å². The van der Waals surface area contributed by atoms with Gasteiger partial charge in [0, 0.05) is 30.6 Å². The molecule has 3 rings (SSSR count). The molecule has 1 aromatic heterocycles. The average Bonchev–Trinajstić information content (AvgIpc) is 2.84. The van der Waals surface area contributed by atoms with Gasteiger partial charge < -0.3 is 19.7 Å². The van der Waals surface area contributed by atoms with E-state index in [1.807, 2.05) is 6.92 Å². The highest BCUT2D eigenvalue weighted by molar-refractivity contribution is 5.93. The lowest BCUT2D eigenvalue weighted by Crippen LogP contribution is -2.39. The molecule has 5 heteroatoms. The molecule has 2 N–H and O–H groups in total. The molecule has 0 spiro atoms. The number of nitrogens with zero attached hydrogens (tertiary/aromatic N) is 1. The molecular weight excluding hydrogens is 316 g/mol. The number of fused-ring (bicyclic) bond motifs is 1. The summed E-state index contributed by atoms with van der Waals surface area (Å²) in [4.78, 5) is 14.9. The van der Waals surface area contributed by atoms with E-state index < -0.39 is 6.10 Å². The summed E-state index contributed by atoms with van der Waals surface area (Å²) >= 11 is 0. The van der Waals surface area contributed by atoms with Crippen molar-refractivity contribution in [1.29, 1.82) is 0 Å². The molecule has 5 nitrogen and oxygen atoms in total. The van der Waals surface area contributed by atoms with Crippen molar-refractivity contribution in [2.24, 2.45) is 11.3 Å². The number of nitrogens with one attached hydrogen (secondary N) is 1. The number of carbonyl (C=O) groups excluding carboxylic acids is 1. The van der Waals surface area contributed by atoms with Crippen LogP contribution >= 0.6 is 0 Å². The largest absolute Gasteiger partial charge is 0.455 e. The highest BCUT2D eigenvalue weighted by Crippen LogP contribution is 2.43. The predicted octanol–water partition coefficient (Wildman–Crippen LogP) is 3.06. The maximum Gasteiger partial charge on any atom is 0.287 e. The highest BCUT2D eigenvalue weighted by atomic mass is 16.4. The zero-order valence-electron chi connectivity index (χ0n) is 16.0. The van der Waals surface area contributed by atoms with E-state index in [9.17, 15) is 9.90 Å². The molecular formula is C20H32N2O3. The fraction of sp³-hybridized carbons (Fsp3) is 0.750. The van der Waals surface area contributed by atoms with Crippen molar-refractivity contribution in [3.63, 3.8) is 0 Å². The van der Waals surface area contributed by atoms with E-state index in [-0.39, 0.29) is 11.3 Å². The van der Waals surface area contributed by atoms with Gasteiger partial charge in [0.25, 0.3) is 5.91 Å². The Bertz CT molecular complexity index is 627. The Balaban J connectivity index is 1.60. The first-order valence-corrected chi connectivity index (χ1v) is 9.57. The van der Waals surface area contributed by atoms with E-state index in [1.165, 1.54) is 12.8 Å².